The maximum absolute atomic E-state index is 13.3. The summed E-state index contributed by atoms with van der Waals surface area (Å²) in [6, 6.07) is 20.3. The van der Waals surface area contributed by atoms with E-state index in [0.717, 1.165) is 24.7 Å². The highest BCUT2D eigenvalue weighted by molar-refractivity contribution is 6.74. The van der Waals surface area contributed by atoms with Crippen LogP contribution in [0.2, 0.25) is 0 Å². The number of aryl methyl sites for hydroxylation is 1. The molecule has 0 aliphatic carbocycles. The van der Waals surface area contributed by atoms with E-state index in [1.807, 2.05) is 83.1 Å². The Kier molecular flexibility index (Phi) is 7.40. The Balaban J connectivity index is 2.00. The topological polar surface area (TPSA) is 34.1 Å². The molecular formula is C25H33BO2. The summed E-state index contributed by atoms with van der Waals surface area (Å²) in [6.07, 6.45) is 2.41. The molecule has 0 saturated heterocycles. The molecule has 2 rings (SSSR count). The van der Waals surface area contributed by atoms with Crippen LogP contribution in [0.25, 0.3) is 0 Å². The van der Waals surface area contributed by atoms with Gasteiger partial charge in [-0.15, -0.1) is 0 Å². The van der Waals surface area contributed by atoms with Crippen LogP contribution in [0.1, 0.15) is 52.2 Å². The highest BCUT2D eigenvalue weighted by Crippen LogP contribution is 2.42. The fourth-order valence-electron chi connectivity index (χ4n) is 3.65. The van der Waals surface area contributed by atoms with Crippen LogP contribution in [-0.2, 0) is 22.3 Å². The predicted molar refractivity (Wildman–Crippen MR) is 119 cm³/mol. The number of Topliss-reactive ketones (excluding diaryl/α,β-unsaturated/α-hetero) is 1. The summed E-state index contributed by atoms with van der Waals surface area (Å²) < 4.78 is 0. The summed E-state index contributed by atoms with van der Waals surface area (Å²) in [5, 5.41) is 0. The van der Waals surface area contributed by atoms with Gasteiger partial charge in [-0.2, -0.15) is 0 Å². The van der Waals surface area contributed by atoms with Crippen molar-refractivity contribution in [3.63, 3.8) is 0 Å². The minimum absolute atomic E-state index is 0.0728. The molecule has 0 amide bonds. The molecule has 0 N–H and O–H groups in total. The summed E-state index contributed by atoms with van der Waals surface area (Å²) in [4.78, 5) is 26.3. The van der Waals surface area contributed by atoms with E-state index in [9.17, 15) is 9.59 Å². The van der Waals surface area contributed by atoms with Crippen molar-refractivity contribution in [1.82, 2.24) is 0 Å². The molecule has 0 saturated carbocycles. The number of benzene rings is 2. The molecule has 0 bridgehead atoms. The van der Waals surface area contributed by atoms with Crippen LogP contribution in [-0.4, -0.2) is 18.7 Å². The lowest BCUT2D eigenvalue weighted by molar-refractivity contribution is -0.143. The molecule has 3 heteroatoms. The Morgan fingerprint density at radius 2 is 1.32 bits per heavy atom. The normalized spacial score (nSPS) is 13.0. The van der Waals surface area contributed by atoms with Gasteiger partial charge in [0.05, 0.1) is 5.68 Å². The first kappa shape index (κ1) is 22.1. The number of ketones is 1. The Bertz CT molecular complexity index is 779. The quantitative estimate of drug-likeness (QED) is 0.545. The van der Waals surface area contributed by atoms with Gasteiger partial charge in [0, 0.05) is 16.7 Å². The molecule has 0 fully saturated rings. The lowest BCUT2D eigenvalue weighted by Crippen LogP contribution is -2.49. The smallest absolute Gasteiger partial charge is 0.210 e. The second-order valence-electron chi connectivity index (χ2n) is 8.95. The summed E-state index contributed by atoms with van der Waals surface area (Å²) in [6.45, 7) is 9.74. The average Bonchev–Trinajstić information content (AvgIpc) is 2.70. The van der Waals surface area contributed by atoms with Crippen molar-refractivity contribution in [2.45, 2.75) is 53.8 Å². The van der Waals surface area contributed by atoms with Gasteiger partial charge in [-0.05, 0) is 24.7 Å². The minimum atomic E-state index is -0.698. The van der Waals surface area contributed by atoms with Gasteiger partial charge in [0.2, 0.25) is 7.28 Å². The molecule has 0 spiro atoms. The molecule has 28 heavy (non-hydrogen) atoms. The number of carbonyl (C=O) groups excluding carboxylic acids is 2. The van der Waals surface area contributed by atoms with E-state index in [-0.39, 0.29) is 17.4 Å². The summed E-state index contributed by atoms with van der Waals surface area (Å²) in [5.41, 5.74) is 1.17. The van der Waals surface area contributed by atoms with Crippen molar-refractivity contribution in [3.8, 4) is 0 Å². The van der Waals surface area contributed by atoms with Crippen molar-refractivity contribution in [2.24, 2.45) is 16.7 Å². The summed E-state index contributed by atoms with van der Waals surface area (Å²) >= 11 is 0. The third-order valence-electron chi connectivity index (χ3n) is 6.52. The summed E-state index contributed by atoms with van der Waals surface area (Å²) in [5.74, 6) is 0.109. The van der Waals surface area contributed by atoms with Gasteiger partial charge in [-0.25, -0.2) is 0 Å². The molecular weight excluding hydrogens is 343 g/mol. The van der Waals surface area contributed by atoms with Gasteiger partial charge in [0.15, 0.2) is 0 Å². The maximum Gasteiger partial charge on any atom is 0.210 e. The molecule has 1 unspecified atom stereocenters. The van der Waals surface area contributed by atoms with Crippen molar-refractivity contribution in [1.29, 1.82) is 0 Å². The van der Waals surface area contributed by atoms with Crippen molar-refractivity contribution >= 4 is 18.7 Å². The second-order valence-corrected chi connectivity index (χ2v) is 8.95. The number of hydrogen-bond acceptors (Lipinski definition) is 2. The van der Waals surface area contributed by atoms with Crippen molar-refractivity contribution < 1.29 is 9.59 Å². The van der Waals surface area contributed by atoms with Crippen molar-refractivity contribution in [3.05, 3.63) is 71.8 Å². The zero-order valence-corrected chi connectivity index (χ0v) is 18.0. The third-order valence-corrected chi connectivity index (χ3v) is 6.52. The SMILES string of the molecule is CC(CCc1ccccc1)C(=O)C(C)(C)C(C)(C)C(=O)BCc1ccccc1. The van der Waals surface area contributed by atoms with Gasteiger partial charge < -0.3 is 4.79 Å². The van der Waals surface area contributed by atoms with E-state index in [4.69, 9.17) is 0 Å². The Morgan fingerprint density at radius 3 is 1.86 bits per heavy atom. The van der Waals surface area contributed by atoms with Crippen LogP contribution in [0.3, 0.4) is 0 Å². The predicted octanol–water partition coefficient (Wildman–Crippen LogP) is 5.04. The van der Waals surface area contributed by atoms with Crippen LogP contribution in [0.4, 0.5) is 0 Å². The van der Waals surface area contributed by atoms with E-state index in [1.54, 1.807) is 0 Å². The lowest BCUT2D eigenvalue weighted by Gasteiger charge is -2.41. The van der Waals surface area contributed by atoms with Gasteiger partial charge >= 0.3 is 0 Å². The third kappa shape index (κ3) is 5.22. The van der Waals surface area contributed by atoms with Crippen LogP contribution in [0, 0.1) is 16.7 Å². The van der Waals surface area contributed by atoms with Crippen LogP contribution < -0.4 is 0 Å². The van der Waals surface area contributed by atoms with Gasteiger partial charge in [0.1, 0.15) is 5.78 Å². The first-order valence-electron chi connectivity index (χ1n) is 10.3. The van der Waals surface area contributed by atoms with E-state index in [0.29, 0.717) is 7.28 Å². The largest absolute Gasteiger partial charge is 0.311 e. The fraction of sp³-hybridized carbons (Fsp3) is 0.440. The van der Waals surface area contributed by atoms with E-state index >= 15 is 0 Å². The monoisotopic (exact) mass is 376 g/mol. The first-order chi connectivity index (χ1) is 13.2. The molecule has 0 aliphatic rings. The molecule has 1 atom stereocenters. The standard InChI is InChI=1S/C25H33BO2/c1-19(16-17-20-12-8-6-9-13-20)22(27)24(2,3)25(4,5)23(28)26-18-21-14-10-7-11-15-21/h6-15,19,26H,16-18H2,1-5H3. The molecule has 0 radical (unpaired) electrons. The van der Waals surface area contributed by atoms with Gasteiger partial charge in [0.25, 0.3) is 0 Å². The van der Waals surface area contributed by atoms with Crippen LogP contribution in [0.5, 0.6) is 0 Å². The zero-order chi connectivity index (χ0) is 20.8. The molecule has 2 nitrogen and oxygen atoms in total. The lowest BCUT2D eigenvalue weighted by atomic mass is 9.51. The second kappa shape index (κ2) is 9.36. The van der Waals surface area contributed by atoms with Gasteiger partial charge in [-0.1, -0.05) is 101 Å². The van der Waals surface area contributed by atoms with E-state index < -0.39 is 10.8 Å². The zero-order valence-electron chi connectivity index (χ0n) is 18.0. The Morgan fingerprint density at radius 1 is 0.821 bits per heavy atom. The Labute approximate surface area is 171 Å². The van der Waals surface area contributed by atoms with Crippen LogP contribution in [0.15, 0.2) is 60.7 Å². The van der Waals surface area contributed by atoms with Crippen LogP contribution >= 0.6 is 0 Å². The molecule has 2 aromatic carbocycles. The highest BCUT2D eigenvalue weighted by atomic mass is 16.1. The minimum Gasteiger partial charge on any atom is -0.311 e. The molecule has 148 valence electrons. The highest BCUT2D eigenvalue weighted by Gasteiger charge is 2.48. The fourth-order valence-corrected chi connectivity index (χ4v) is 3.65. The van der Waals surface area contributed by atoms with E-state index in [1.165, 1.54) is 5.56 Å². The molecule has 0 aliphatic heterocycles. The number of rotatable bonds is 10. The van der Waals surface area contributed by atoms with Gasteiger partial charge in [-0.3, -0.25) is 4.79 Å². The molecule has 0 aromatic heterocycles. The molecule has 2 aromatic rings. The summed E-state index contributed by atoms with van der Waals surface area (Å²) in [7, 11) is 0.464. The maximum atomic E-state index is 13.3. The van der Waals surface area contributed by atoms with Crippen molar-refractivity contribution in [2.75, 3.05) is 0 Å². The first-order valence-corrected chi connectivity index (χ1v) is 10.3. The van der Waals surface area contributed by atoms with E-state index in [2.05, 4.69) is 12.1 Å². The average molecular weight is 376 g/mol. The number of carbonyl (C=O) groups is 2. The molecule has 0 heterocycles. The number of hydrogen-bond donors (Lipinski definition) is 0. The Hall–Kier alpha value is -2.16.